The first-order valence-corrected chi connectivity index (χ1v) is 10.8. The molecule has 1 fully saturated rings. The molecule has 1 aliphatic heterocycles. The first-order valence-electron chi connectivity index (χ1n) is 10.8. The van der Waals surface area contributed by atoms with E-state index in [0.29, 0.717) is 17.4 Å². The molecule has 0 spiro atoms. The van der Waals surface area contributed by atoms with Crippen LogP contribution in [0.4, 0.5) is 5.69 Å². The Balaban J connectivity index is 1.48. The standard InChI is InChI=1S/C22H28N8O/c1-11(31)26-10-12-5-7-13(8-6-12)21-28-18(19-20(24)29-22(25)30(19)21)16-9-14-3-2-4-15(23)17(14)27-16/h2-4,9,12-13,22,27H,5-8,10,23,25H2,1H3,(H2,24,29)(H,26,31)/t12?,13?,22-/m0/s1. The number of imidazole rings is 1. The molecule has 8 N–H and O–H groups in total. The minimum atomic E-state index is -0.558. The number of nitrogens with one attached hydrogen (secondary N) is 2. The lowest BCUT2D eigenvalue weighted by molar-refractivity contribution is -0.119. The molecule has 3 heterocycles. The van der Waals surface area contributed by atoms with E-state index in [1.807, 2.05) is 28.8 Å². The number of nitrogens with zero attached hydrogens (tertiary/aromatic N) is 3. The van der Waals surface area contributed by atoms with E-state index in [4.69, 9.17) is 22.2 Å². The van der Waals surface area contributed by atoms with Crippen LogP contribution in [-0.4, -0.2) is 32.8 Å². The summed E-state index contributed by atoms with van der Waals surface area (Å²) in [6.07, 6.45) is 3.50. The molecule has 1 saturated carbocycles. The molecule has 1 aromatic carbocycles. The fourth-order valence-electron chi connectivity index (χ4n) is 4.92. The number of carbonyl (C=O) groups is 1. The van der Waals surface area contributed by atoms with E-state index in [9.17, 15) is 4.79 Å². The Hall–Kier alpha value is -3.33. The number of hydrogen-bond donors (Lipinski definition) is 5. The maximum absolute atomic E-state index is 11.2. The number of hydrogen-bond acceptors (Lipinski definition) is 6. The molecular formula is C22H28N8O. The monoisotopic (exact) mass is 420 g/mol. The van der Waals surface area contributed by atoms with Gasteiger partial charge in [-0.25, -0.2) is 9.98 Å². The van der Waals surface area contributed by atoms with Crippen LogP contribution < -0.4 is 22.5 Å². The first kappa shape index (κ1) is 19.6. The Kier molecular flexibility index (Phi) is 4.70. The topological polar surface area (TPSA) is 153 Å². The van der Waals surface area contributed by atoms with E-state index in [-0.39, 0.29) is 11.8 Å². The number of nitrogens with two attached hydrogens (primary N) is 3. The molecule has 0 saturated heterocycles. The molecule has 1 atom stereocenters. The van der Waals surface area contributed by atoms with Crippen LogP contribution in [0.5, 0.6) is 0 Å². The summed E-state index contributed by atoms with van der Waals surface area (Å²) < 4.78 is 1.98. The van der Waals surface area contributed by atoms with Crippen LogP contribution in [0.1, 0.15) is 56.3 Å². The van der Waals surface area contributed by atoms with Crippen molar-refractivity contribution >= 4 is 28.3 Å². The lowest BCUT2D eigenvalue weighted by Crippen LogP contribution is -2.30. The SMILES string of the molecule is CC(=O)NCC1CCC(c2nc(-c3cc4cccc(N)c4[nH]3)c3n2[C@@H](N)N=C3N)CC1. The number of amidine groups is 1. The Morgan fingerprint density at radius 2 is 2.03 bits per heavy atom. The number of amides is 1. The van der Waals surface area contributed by atoms with Gasteiger partial charge in [0.05, 0.1) is 16.9 Å². The summed E-state index contributed by atoms with van der Waals surface area (Å²) in [5.74, 6) is 2.15. The van der Waals surface area contributed by atoms with Crippen LogP contribution in [0.2, 0.25) is 0 Å². The van der Waals surface area contributed by atoms with Crippen molar-refractivity contribution in [2.45, 2.75) is 44.8 Å². The third kappa shape index (κ3) is 3.34. The van der Waals surface area contributed by atoms with Crippen molar-refractivity contribution in [3.8, 4) is 11.4 Å². The highest BCUT2D eigenvalue weighted by Crippen LogP contribution is 2.40. The van der Waals surface area contributed by atoms with E-state index in [2.05, 4.69) is 15.3 Å². The number of anilines is 1. The number of benzene rings is 1. The Bertz CT molecular complexity index is 1180. The predicted molar refractivity (Wildman–Crippen MR) is 121 cm³/mol. The van der Waals surface area contributed by atoms with Crippen molar-refractivity contribution in [1.29, 1.82) is 0 Å². The third-order valence-corrected chi connectivity index (χ3v) is 6.51. The number of carbonyl (C=O) groups excluding carboxylic acids is 1. The lowest BCUT2D eigenvalue weighted by Gasteiger charge is -2.28. The molecular weight excluding hydrogens is 392 g/mol. The number of rotatable bonds is 4. The molecule has 162 valence electrons. The van der Waals surface area contributed by atoms with Crippen LogP contribution in [0.25, 0.3) is 22.3 Å². The van der Waals surface area contributed by atoms with Gasteiger partial charge in [0.25, 0.3) is 0 Å². The van der Waals surface area contributed by atoms with Gasteiger partial charge in [-0.05, 0) is 43.7 Å². The summed E-state index contributed by atoms with van der Waals surface area (Å²) in [4.78, 5) is 24.1. The maximum atomic E-state index is 11.2. The fourth-order valence-corrected chi connectivity index (χ4v) is 4.92. The molecule has 9 nitrogen and oxygen atoms in total. The number of nitrogen functional groups attached to an aromatic ring is 1. The number of H-pyrrole nitrogens is 1. The van der Waals surface area contributed by atoms with Crippen LogP contribution in [-0.2, 0) is 4.79 Å². The molecule has 5 rings (SSSR count). The minimum absolute atomic E-state index is 0.0235. The van der Waals surface area contributed by atoms with Gasteiger partial charge in [-0.1, -0.05) is 12.1 Å². The average molecular weight is 421 g/mol. The van der Waals surface area contributed by atoms with Gasteiger partial charge in [-0.15, -0.1) is 0 Å². The normalized spacial score (nSPS) is 23.0. The highest BCUT2D eigenvalue weighted by Gasteiger charge is 2.34. The van der Waals surface area contributed by atoms with Crippen molar-refractivity contribution in [1.82, 2.24) is 19.9 Å². The molecule has 9 heteroatoms. The van der Waals surface area contributed by atoms with Crippen LogP contribution in [0, 0.1) is 5.92 Å². The molecule has 2 aromatic heterocycles. The number of fused-ring (bicyclic) bond motifs is 2. The highest BCUT2D eigenvalue weighted by atomic mass is 16.1. The molecule has 0 bridgehead atoms. The van der Waals surface area contributed by atoms with E-state index >= 15 is 0 Å². The van der Waals surface area contributed by atoms with Crippen LogP contribution in [0.3, 0.4) is 0 Å². The zero-order valence-corrected chi connectivity index (χ0v) is 17.6. The van der Waals surface area contributed by atoms with Gasteiger partial charge in [0.2, 0.25) is 5.91 Å². The molecule has 1 aliphatic carbocycles. The molecule has 1 amide bonds. The van der Waals surface area contributed by atoms with Crippen molar-refractivity contribution in [2.24, 2.45) is 22.4 Å². The van der Waals surface area contributed by atoms with Gasteiger partial charge < -0.3 is 21.8 Å². The smallest absolute Gasteiger partial charge is 0.216 e. The van der Waals surface area contributed by atoms with E-state index < -0.39 is 6.29 Å². The summed E-state index contributed by atoms with van der Waals surface area (Å²) in [5.41, 5.74) is 22.7. The summed E-state index contributed by atoms with van der Waals surface area (Å²) in [5, 5.41) is 3.96. The quantitative estimate of drug-likeness (QED) is 0.409. The first-order chi connectivity index (χ1) is 14.9. The van der Waals surface area contributed by atoms with Crippen molar-refractivity contribution in [2.75, 3.05) is 12.3 Å². The molecule has 2 aliphatic rings. The van der Waals surface area contributed by atoms with Crippen LogP contribution in [0.15, 0.2) is 29.3 Å². The summed E-state index contributed by atoms with van der Waals surface area (Å²) >= 11 is 0. The molecule has 31 heavy (non-hydrogen) atoms. The van der Waals surface area contributed by atoms with Crippen molar-refractivity contribution < 1.29 is 4.79 Å². The average Bonchev–Trinajstić information content (AvgIpc) is 3.42. The minimum Gasteiger partial charge on any atom is -0.397 e. The van der Waals surface area contributed by atoms with Crippen molar-refractivity contribution in [3.63, 3.8) is 0 Å². The summed E-state index contributed by atoms with van der Waals surface area (Å²) in [7, 11) is 0. The zero-order valence-electron chi connectivity index (χ0n) is 17.6. The number of aromatic nitrogens is 3. The molecule has 0 unspecified atom stereocenters. The third-order valence-electron chi connectivity index (χ3n) is 6.51. The second-order valence-electron chi connectivity index (χ2n) is 8.61. The Labute approximate surface area is 180 Å². The number of aliphatic imine (C=N–C) groups is 1. The largest absolute Gasteiger partial charge is 0.397 e. The summed E-state index contributed by atoms with van der Waals surface area (Å²) in [6, 6.07) is 7.86. The van der Waals surface area contributed by atoms with Crippen molar-refractivity contribution in [3.05, 3.63) is 35.8 Å². The number of para-hydroxylation sites is 1. The van der Waals surface area contributed by atoms with Gasteiger partial charge in [0.1, 0.15) is 23.0 Å². The van der Waals surface area contributed by atoms with E-state index in [1.54, 1.807) is 6.92 Å². The predicted octanol–water partition coefficient (Wildman–Crippen LogP) is 2.16. The van der Waals surface area contributed by atoms with Gasteiger partial charge in [-0.2, -0.15) is 0 Å². The molecule has 0 radical (unpaired) electrons. The lowest BCUT2D eigenvalue weighted by atomic mass is 9.81. The van der Waals surface area contributed by atoms with Gasteiger partial charge in [0, 0.05) is 24.8 Å². The van der Waals surface area contributed by atoms with E-state index in [0.717, 1.165) is 66.0 Å². The zero-order chi connectivity index (χ0) is 21.7. The van der Waals surface area contributed by atoms with E-state index in [1.165, 1.54) is 0 Å². The molecule has 3 aromatic rings. The second-order valence-corrected chi connectivity index (χ2v) is 8.61. The summed E-state index contributed by atoms with van der Waals surface area (Å²) in [6.45, 7) is 2.30. The maximum Gasteiger partial charge on any atom is 0.216 e. The fraction of sp³-hybridized carbons (Fsp3) is 0.409. The number of aromatic amines is 1. The Morgan fingerprint density at radius 1 is 1.26 bits per heavy atom. The Morgan fingerprint density at radius 3 is 2.74 bits per heavy atom. The highest BCUT2D eigenvalue weighted by molar-refractivity contribution is 6.04. The van der Waals surface area contributed by atoms with Gasteiger partial charge in [-0.3, -0.25) is 15.1 Å². The van der Waals surface area contributed by atoms with Gasteiger partial charge >= 0.3 is 0 Å². The second kappa shape index (κ2) is 7.42. The van der Waals surface area contributed by atoms with Crippen LogP contribution >= 0.6 is 0 Å². The van der Waals surface area contributed by atoms with Gasteiger partial charge in [0.15, 0.2) is 6.29 Å².